The maximum Gasteiger partial charge on any atom is 0.240 e. The van der Waals surface area contributed by atoms with Crippen LogP contribution in [0.1, 0.15) is 18.3 Å². The summed E-state index contributed by atoms with van der Waals surface area (Å²) in [5.41, 5.74) is 2.97. The van der Waals surface area contributed by atoms with E-state index in [1.807, 2.05) is 61.0 Å². The molecule has 6 nitrogen and oxygen atoms in total. The van der Waals surface area contributed by atoms with E-state index >= 15 is 0 Å². The highest BCUT2D eigenvalue weighted by molar-refractivity contribution is 5.76. The Kier molecular flexibility index (Phi) is 4.74. The van der Waals surface area contributed by atoms with Crippen LogP contribution in [0.15, 0.2) is 48.8 Å². The second kappa shape index (κ2) is 7.12. The number of aromatic amines is 1. The minimum Gasteiger partial charge on any atom is -0.352 e. The number of nitrogens with zero attached hydrogens (tertiary/aromatic N) is 3. The Labute approximate surface area is 140 Å². The second-order valence-electron chi connectivity index (χ2n) is 5.96. The summed E-state index contributed by atoms with van der Waals surface area (Å²) in [6.07, 6.45) is 4.24. The zero-order valence-corrected chi connectivity index (χ0v) is 13.9. The third-order valence-corrected chi connectivity index (χ3v) is 3.74. The van der Waals surface area contributed by atoms with Crippen molar-refractivity contribution in [3.8, 4) is 11.4 Å². The zero-order valence-electron chi connectivity index (χ0n) is 13.9. The fourth-order valence-corrected chi connectivity index (χ4v) is 2.70. The standard InChI is InChI=1S/C18H21N5O/c1-13(10-16-11-14(2)21-22-16)20-17(24)12-23-9-8-19-18(23)15-6-4-3-5-7-15/h3-9,11,13H,10,12H2,1-2H3,(H,20,24)(H,21,22)/t13-/m0/s1. The normalized spacial score (nSPS) is 12.1. The molecule has 3 rings (SSSR count). The summed E-state index contributed by atoms with van der Waals surface area (Å²) in [6, 6.07) is 11.9. The number of carbonyl (C=O) groups excluding carboxylic acids is 1. The Morgan fingerprint density at radius 1 is 1.33 bits per heavy atom. The van der Waals surface area contributed by atoms with Crippen molar-refractivity contribution >= 4 is 5.91 Å². The molecule has 3 aromatic rings. The van der Waals surface area contributed by atoms with Gasteiger partial charge in [-0.1, -0.05) is 30.3 Å². The molecular weight excluding hydrogens is 302 g/mol. The zero-order chi connectivity index (χ0) is 16.9. The number of hydrogen-bond donors (Lipinski definition) is 2. The lowest BCUT2D eigenvalue weighted by atomic mass is 10.2. The summed E-state index contributed by atoms with van der Waals surface area (Å²) in [7, 11) is 0. The molecular formula is C18H21N5O. The van der Waals surface area contributed by atoms with E-state index in [2.05, 4.69) is 20.5 Å². The summed E-state index contributed by atoms with van der Waals surface area (Å²) < 4.78 is 1.86. The van der Waals surface area contributed by atoms with Gasteiger partial charge in [-0.2, -0.15) is 5.10 Å². The minimum atomic E-state index is -0.0371. The van der Waals surface area contributed by atoms with Gasteiger partial charge < -0.3 is 9.88 Å². The molecule has 0 bridgehead atoms. The van der Waals surface area contributed by atoms with Gasteiger partial charge in [-0.3, -0.25) is 9.89 Å². The Bertz CT molecular complexity index is 806. The van der Waals surface area contributed by atoms with Gasteiger partial charge in [0.25, 0.3) is 0 Å². The molecule has 0 aliphatic rings. The lowest BCUT2D eigenvalue weighted by molar-refractivity contribution is -0.122. The molecule has 124 valence electrons. The van der Waals surface area contributed by atoms with Gasteiger partial charge in [0.05, 0.1) is 5.69 Å². The van der Waals surface area contributed by atoms with Crippen molar-refractivity contribution in [1.82, 2.24) is 25.1 Å². The van der Waals surface area contributed by atoms with Crippen LogP contribution in [0, 0.1) is 6.92 Å². The third-order valence-electron chi connectivity index (χ3n) is 3.74. The quantitative estimate of drug-likeness (QED) is 0.731. The van der Waals surface area contributed by atoms with E-state index in [4.69, 9.17) is 0 Å². The number of aromatic nitrogens is 4. The average Bonchev–Trinajstić information content (AvgIpc) is 3.17. The van der Waals surface area contributed by atoms with Crippen molar-refractivity contribution in [3.05, 3.63) is 60.2 Å². The van der Waals surface area contributed by atoms with Gasteiger partial charge in [-0.05, 0) is 19.9 Å². The molecule has 0 aliphatic carbocycles. The lowest BCUT2D eigenvalue weighted by Gasteiger charge is -2.14. The van der Waals surface area contributed by atoms with E-state index in [0.717, 1.165) is 22.8 Å². The molecule has 6 heteroatoms. The van der Waals surface area contributed by atoms with Crippen LogP contribution in [0.25, 0.3) is 11.4 Å². The highest BCUT2D eigenvalue weighted by Gasteiger charge is 2.13. The molecule has 1 amide bonds. The largest absolute Gasteiger partial charge is 0.352 e. The monoisotopic (exact) mass is 323 g/mol. The van der Waals surface area contributed by atoms with Crippen LogP contribution in [0.3, 0.4) is 0 Å². The van der Waals surface area contributed by atoms with Crippen molar-refractivity contribution in [3.63, 3.8) is 0 Å². The predicted molar refractivity (Wildman–Crippen MR) is 92.3 cm³/mol. The number of imidazole rings is 1. The Hall–Kier alpha value is -2.89. The van der Waals surface area contributed by atoms with Gasteiger partial charge in [0.2, 0.25) is 5.91 Å². The number of carbonyl (C=O) groups is 1. The maximum absolute atomic E-state index is 12.3. The first-order valence-corrected chi connectivity index (χ1v) is 7.98. The Morgan fingerprint density at radius 2 is 2.12 bits per heavy atom. The molecule has 0 saturated heterocycles. The first kappa shape index (κ1) is 16.0. The van der Waals surface area contributed by atoms with Crippen molar-refractivity contribution in [2.75, 3.05) is 0 Å². The molecule has 2 heterocycles. The number of aryl methyl sites for hydroxylation is 1. The van der Waals surface area contributed by atoms with Crippen LogP contribution in [0.2, 0.25) is 0 Å². The predicted octanol–water partition coefficient (Wildman–Crippen LogP) is 2.33. The minimum absolute atomic E-state index is 0.0175. The molecule has 0 fully saturated rings. The molecule has 1 atom stereocenters. The van der Waals surface area contributed by atoms with Crippen LogP contribution in [0.4, 0.5) is 0 Å². The number of hydrogen-bond acceptors (Lipinski definition) is 3. The van der Waals surface area contributed by atoms with Gasteiger partial charge in [-0.15, -0.1) is 0 Å². The number of nitrogens with one attached hydrogen (secondary N) is 2. The van der Waals surface area contributed by atoms with Crippen LogP contribution in [0.5, 0.6) is 0 Å². The summed E-state index contributed by atoms with van der Waals surface area (Å²) in [5.74, 6) is 0.756. The van der Waals surface area contributed by atoms with Gasteiger partial charge in [0, 0.05) is 36.1 Å². The Morgan fingerprint density at radius 3 is 2.83 bits per heavy atom. The second-order valence-corrected chi connectivity index (χ2v) is 5.96. The number of amides is 1. The van der Waals surface area contributed by atoms with Crippen LogP contribution < -0.4 is 5.32 Å². The van der Waals surface area contributed by atoms with E-state index in [-0.39, 0.29) is 18.5 Å². The fraction of sp³-hybridized carbons (Fsp3) is 0.278. The molecule has 24 heavy (non-hydrogen) atoms. The van der Waals surface area contributed by atoms with Crippen LogP contribution >= 0.6 is 0 Å². The van der Waals surface area contributed by atoms with Crippen LogP contribution in [-0.2, 0) is 17.8 Å². The lowest BCUT2D eigenvalue weighted by Crippen LogP contribution is -2.36. The van der Waals surface area contributed by atoms with Crippen molar-refractivity contribution in [1.29, 1.82) is 0 Å². The highest BCUT2D eigenvalue weighted by atomic mass is 16.2. The van der Waals surface area contributed by atoms with E-state index in [0.29, 0.717) is 6.42 Å². The number of H-pyrrole nitrogens is 1. The van der Waals surface area contributed by atoms with Gasteiger partial charge >= 0.3 is 0 Å². The molecule has 2 aromatic heterocycles. The highest BCUT2D eigenvalue weighted by Crippen LogP contribution is 2.16. The molecule has 0 spiro atoms. The van der Waals surface area contributed by atoms with Crippen LogP contribution in [-0.4, -0.2) is 31.7 Å². The number of rotatable bonds is 6. The molecule has 0 aliphatic heterocycles. The first-order chi connectivity index (χ1) is 11.6. The summed E-state index contributed by atoms with van der Waals surface area (Å²) in [5, 5.41) is 10.1. The van der Waals surface area contributed by atoms with Gasteiger partial charge in [0.15, 0.2) is 0 Å². The first-order valence-electron chi connectivity index (χ1n) is 7.98. The van der Waals surface area contributed by atoms with E-state index in [9.17, 15) is 4.79 Å². The molecule has 0 radical (unpaired) electrons. The van der Waals surface area contributed by atoms with Crippen molar-refractivity contribution < 1.29 is 4.79 Å². The van der Waals surface area contributed by atoms with Crippen molar-refractivity contribution in [2.45, 2.75) is 32.9 Å². The fourth-order valence-electron chi connectivity index (χ4n) is 2.70. The molecule has 2 N–H and O–H groups in total. The Balaban J connectivity index is 1.60. The van der Waals surface area contributed by atoms with Crippen molar-refractivity contribution in [2.24, 2.45) is 0 Å². The maximum atomic E-state index is 12.3. The summed E-state index contributed by atoms with van der Waals surface area (Å²) in [4.78, 5) is 16.7. The summed E-state index contributed by atoms with van der Waals surface area (Å²) >= 11 is 0. The van der Waals surface area contributed by atoms with E-state index < -0.39 is 0 Å². The molecule has 0 saturated carbocycles. The smallest absolute Gasteiger partial charge is 0.240 e. The third kappa shape index (κ3) is 3.90. The van der Waals surface area contributed by atoms with E-state index in [1.54, 1.807) is 6.20 Å². The topological polar surface area (TPSA) is 75.6 Å². The summed E-state index contributed by atoms with van der Waals surface area (Å²) in [6.45, 7) is 4.19. The van der Waals surface area contributed by atoms with E-state index in [1.165, 1.54) is 0 Å². The van der Waals surface area contributed by atoms with Gasteiger partial charge in [0.1, 0.15) is 12.4 Å². The number of benzene rings is 1. The van der Waals surface area contributed by atoms with Gasteiger partial charge in [-0.25, -0.2) is 4.98 Å². The SMILES string of the molecule is Cc1cc(C[C@H](C)NC(=O)Cn2ccnc2-c2ccccc2)n[nH]1. The molecule has 0 unspecified atom stereocenters. The molecule has 1 aromatic carbocycles. The average molecular weight is 323 g/mol.